The van der Waals surface area contributed by atoms with Crippen LogP contribution < -0.4 is 11.1 Å². The van der Waals surface area contributed by atoms with Crippen LogP contribution in [-0.4, -0.2) is 26.7 Å². The van der Waals surface area contributed by atoms with Gasteiger partial charge in [0.1, 0.15) is 5.69 Å². The maximum atomic E-state index is 12.4. The number of H-pyrrole nitrogens is 1. The quantitative estimate of drug-likeness (QED) is 0.404. The molecule has 3 aromatic heterocycles. The van der Waals surface area contributed by atoms with Crippen LogP contribution in [0.2, 0.25) is 0 Å². The van der Waals surface area contributed by atoms with E-state index in [1.807, 2.05) is 48.0 Å². The molecule has 2 N–H and O–H groups in total. The summed E-state index contributed by atoms with van der Waals surface area (Å²) in [5, 5.41) is 7.00. The van der Waals surface area contributed by atoms with E-state index in [1.165, 1.54) is 11.3 Å². The standard InChI is InChI=1S/C20H17N5O2S/c1-2-25-12-13(14-6-3-4-7-17(14)25)11-21-24-19(26)16-10-15(22-20(27)23-16)18-8-5-9-28-18/h3-12H,2H2,1H3,(H,24,26)(H,22,23,27)/b21-11+. The maximum absolute atomic E-state index is 12.4. The molecule has 28 heavy (non-hydrogen) atoms. The average molecular weight is 391 g/mol. The Bertz CT molecular complexity index is 1220. The van der Waals surface area contributed by atoms with Gasteiger partial charge in [0, 0.05) is 29.2 Å². The third-order valence-electron chi connectivity index (χ3n) is 4.29. The lowest BCUT2D eigenvalue weighted by Crippen LogP contribution is -2.24. The molecule has 8 heteroatoms. The number of carbonyl (C=O) groups excluding carboxylic acids is 1. The van der Waals surface area contributed by atoms with E-state index in [0.717, 1.165) is 27.9 Å². The first-order valence-electron chi connectivity index (χ1n) is 8.72. The number of hydrogen-bond donors (Lipinski definition) is 2. The van der Waals surface area contributed by atoms with Crippen LogP contribution in [0.25, 0.3) is 21.5 Å². The minimum atomic E-state index is -0.578. The number of hydrogen-bond acceptors (Lipinski definition) is 5. The van der Waals surface area contributed by atoms with Crippen molar-refractivity contribution in [3.05, 3.63) is 75.8 Å². The van der Waals surface area contributed by atoms with Gasteiger partial charge < -0.3 is 9.55 Å². The van der Waals surface area contributed by atoms with Crippen molar-refractivity contribution in [3.8, 4) is 10.6 Å². The van der Waals surface area contributed by atoms with Gasteiger partial charge in [0.15, 0.2) is 0 Å². The molecule has 1 amide bonds. The molecule has 0 aliphatic rings. The van der Waals surface area contributed by atoms with Crippen molar-refractivity contribution < 1.29 is 4.79 Å². The molecule has 0 radical (unpaired) electrons. The van der Waals surface area contributed by atoms with Crippen LogP contribution in [0.1, 0.15) is 23.0 Å². The molecular weight excluding hydrogens is 374 g/mol. The SMILES string of the molecule is CCn1cc(/C=N/NC(=O)c2cc(-c3cccs3)[nH]c(=O)n2)c2ccccc21. The molecule has 1 aromatic carbocycles. The summed E-state index contributed by atoms with van der Waals surface area (Å²) < 4.78 is 2.12. The van der Waals surface area contributed by atoms with Crippen molar-refractivity contribution in [3.63, 3.8) is 0 Å². The summed E-state index contributed by atoms with van der Waals surface area (Å²) >= 11 is 1.46. The number of benzene rings is 1. The first-order chi connectivity index (χ1) is 13.7. The molecule has 4 rings (SSSR count). The Morgan fingerprint density at radius 1 is 1.32 bits per heavy atom. The number of carbonyl (C=O) groups is 1. The minimum absolute atomic E-state index is 0.0142. The second kappa shape index (κ2) is 7.61. The fraction of sp³-hybridized carbons (Fsp3) is 0.100. The third kappa shape index (κ3) is 3.49. The normalized spacial score (nSPS) is 11.3. The van der Waals surface area contributed by atoms with Gasteiger partial charge in [-0.25, -0.2) is 10.2 Å². The number of aryl methyl sites for hydroxylation is 1. The molecule has 140 valence electrons. The van der Waals surface area contributed by atoms with Gasteiger partial charge in [-0.1, -0.05) is 24.3 Å². The van der Waals surface area contributed by atoms with E-state index < -0.39 is 11.6 Å². The number of fused-ring (bicyclic) bond motifs is 1. The lowest BCUT2D eigenvalue weighted by atomic mass is 10.2. The van der Waals surface area contributed by atoms with Gasteiger partial charge in [-0.15, -0.1) is 11.3 Å². The van der Waals surface area contributed by atoms with E-state index >= 15 is 0 Å². The molecule has 0 fully saturated rings. The number of para-hydroxylation sites is 1. The van der Waals surface area contributed by atoms with Crippen molar-refractivity contribution >= 4 is 34.4 Å². The van der Waals surface area contributed by atoms with Crippen LogP contribution in [0.15, 0.2) is 63.9 Å². The topological polar surface area (TPSA) is 92.1 Å². The molecule has 0 spiro atoms. The number of aromatic amines is 1. The second-order valence-corrected chi connectivity index (χ2v) is 7.00. The fourth-order valence-corrected chi connectivity index (χ4v) is 3.69. The molecule has 0 saturated heterocycles. The van der Waals surface area contributed by atoms with Crippen molar-refractivity contribution in [2.75, 3.05) is 0 Å². The molecule has 0 atom stereocenters. The monoisotopic (exact) mass is 391 g/mol. The summed E-state index contributed by atoms with van der Waals surface area (Å²) in [6.45, 7) is 2.90. The van der Waals surface area contributed by atoms with Crippen molar-refractivity contribution in [1.82, 2.24) is 20.0 Å². The number of nitrogens with zero attached hydrogens (tertiary/aromatic N) is 3. The summed E-state index contributed by atoms with van der Waals surface area (Å²) in [6.07, 6.45) is 3.58. The Hall–Kier alpha value is -3.52. The lowest BCUT2D eigenvalue weighted by molar-refractivity contribution is 0.0949. The van der Waals surface area contributed by atoms with Crippen LogP contribution in [0.5, 0.6) is 0 Å². The molecule has 4 aromatic rings. The van der Waals surface area contributed by atoms with E-state index in [9.17, 15) is 9.59 Å². The lowest BCUT2D eigenvalue weighted by Gasteiger charge is -2.01. The van der Waals surface area contributed by atoms with Crippen LogP contribution >= 0.6 is 11.3 Å². The number of thiophene rings is 1. The summed E-state index contributed by atoms with van der Waals surface area (Å²) in [6, 6.07) is 13.3. The zero-order valence-corrected chi connectivity index (χ0v) is 15.9. The predicted molar refractivity (Wildman–Crippen MR) is 111 cm³/mol. The van der Waals surface area contributed by atoms with Crippen molar-refractivity contribution in [2.45, 2.75) is 13.5 Å². The van der Waals surface area contributed by atoms with Gasteiger partial charge in [0.05, 0.1) is 16.8 Å². The van der Waals surface area contributed by atoms with Gasteiger partial charge in [-0.05, 0) is 30.5 Å². The van der Waals surface area contributed by atoms with Crippen molar-refractivity contribution in [2.24, 2.45) is 5.10 Å². The average Bonchev–Trinajstić information content (AvgIpc) is 3.36. The third-order valence-corrected chi connectivity index (χ3v) is 5.20. The Morgan fingerprint density at radius 3 is 2.96 bits per heavy atom. The number of nitrogens with one attached hydrogen (secondary N) is 2. The molecule has 7 nitrogen and oxygen atoms in total. The second-order valence-electron chi connectivity index (χ2n) is 6.05. The van der Waals surface area contributed by atoms with Gasteiger partial charge in [0.2, 0.25) is 0 Å². The van der Waals surface area contributed by atoms with Gasteiger partial charge in [0.25, 0.3) is 5.91 Å². The largest absolute Gasteiger partial charge is 0.347 e. The van der Waals surface area contributed by atoms with E-state index in [-0.39, 0.29) is 5.69 Å². The first kappa shape index (κ1) is 17.9. The summed E-state index contributed by atoms with van der Waals surface area (Å²) in [5.74, 6) is -0.542. The van der Waals surface area contributed by atoms with Gasteiger partial charge >= 0.3 is 5.69 Å². The highest BCUT2D eigenvalue weighted by Gasteiger charge is 2.11. The summed E-state index contributed by atoms with van der Waals surface area (Å²) in [4.78, 5) is 31.4. The van der Waals surface area contributed by atoms with Crippen LogP contribution in [0.4, 0.5) is 0 Å². The zero-order valence-electron chi connectivity index (χ0n) is 15.0. The van der Waals surface area contributed by atoms with Crippen LogP contribution in [-0.2, 0) is 6.54 Å². The van der Waals surface area contributed by atoms with E-state index in [1.54, 1.807) is 12.3 Å². The maximum Gasteiger partial charge on any atom is 0.346 e. The Balaban J connectivity index is 1.56. The van der Waals surface area contributed by atoms with Crippen molar-refractivity contribution in [1.29, 1.82) is 0 Å². The van der Waals surface area contributed by atoms with Crippen LogP contribution in [0, 0.1) is 0 Å². The Labute approximate surface area is 164 Å². The highest BCUT2D eigenvalue weighted by Crippen LogP contribution is 2.22. The van der Waals surface area contributed by atoms with E-state index in [0.29, 0.717) is 5.69 Å². The molecular formula is C20H17N5O2S. The Morgan fingerprint density at radius 2 is 2.18 bits per heavy atom. The van der Waals surface area contributed by atoms with E-state index in [4.69, 9.17) is 0 Å². The number of rotatable bonds is 5. The zero-order chi connectivity index (χ0) is 19.5. The van der Waals surface area contributed by atoms with Gasteiger partial charge in [-0.2, -0.15) is 10.1 Å². The summed E-state index contributed by atoms with van der Waals surface area (Å²) in [5.41, 5.74) is 4.44. The first-order valence-corrected chi connectivity index (χ1v) is 9.60. The molecule has 3 heterocycles. The molecule has 0 bridgehead atoms. The molecule has 0 aliphatic carbocycles. The number of hydrazone groups is 1. The molecule has 0 aliphatic heterocycles. The number of amides is 1. The fourth-order valence-electron chi connectivity index (χ4n) is 3.00. The highest BCUT2D eigenvalue weighted by atomic mass is 32.1. The van der Waals surface area contributed by atoms with E-state index in [2.05, 4.69) is 32.0 Å². The molecule has 0 unspecified atom stereocenters. The highest BCUT2D eigenvalue weighted by molar-refractivity contribution is 7.13. The predicted octanol–water partition coefficient (Wildman–Crippen LogP) is 3.24. The summed E-state index contributed by atoms with van der Waals surface area (Å²) in [7, 11) is 0. The molecule has 0 saturated carbocycles. The Kier molecular flexibility index (Phi) is 4.86. The smallest absolute Gasteiger partial charge is 0.346 e. The minimum Gasteiger partial charge on any atom is -0.347 e. The number of aromatic nitrogens is 3. The van der Waals surface area contributed by atoms with Gasteiger partial charge in [-0.3, -0.25) is 4.79 Å². The van der Waals surface area contributed by atoms with Crippen LogP contribution in [0.3, 0.4) is 0 Å².